The third-order valence-electron chi connectivity index (χ3n) is 14.8. The summed E-state index contributed by atoms with van der Waals surface area (Å²) in [6, 6.07) is 23.6. The molecule has 0 fully saturated rings. The Morgan fingerprint density at radius 1 is 0.345 bits per heavy atom. The second-order valence-electron chi connectivity index (χ2n) is 27.0. The van der Waals surface area contributed by atoms with Gasteiger partial charge in [-0.1, -0.05) is 223 Å². The van der Waals surface area contributed by atoms with E-state index in [1.807, 2.05) is 0 Å². The molecular formula is C49H91NSi5. The molecule has 0 saturated carbocycles. The van der Waals surface area contributed by atoms with Gasteiger partial charge in [-0.25, -0.2) is 0 Å². The Bertz CT molecular complexity index is 1490. The summed E-state index contributed by atoms with van der Waals surface area (Å²) in [5, 5.41) is 1.46. The van der Waals surface area contributed by atoms with E-state index in [1.165, 1.54) is 11.4 Å². The van der Waals surface area contributed by atoms with Gasteiger partial charge in [-0.3, -0.25) is 0 Å². The Morgan fingerprint density at radius 2 is 0.564 bits per heavy atom. The third kappa shape index (κ3) is 6.52. The average Bonchev–Trinajstić information content (AvgIpc) is 3.50. The van der Waals surface area contributed by atoms with Gasteiger partial charge in [0.25, 0.3) is 0 Å². The Kier molecular flexibility index (Phi) is 12.3. The Morgan fingerprint density at radius 3 is 0.745 bits per heavy atom. The third-order valence-corrected chi connectivity index (χ3v) is 108. The second-order valence-corrected chi connectivity index (χ2v) is 71.2. The van der Waals surface area contributed by atoms with E-state index in [4.69, 9.17) is 0 Å². The molecule has 1 heterocycles. The highest BCUT2D eigenvalue weighted by molar-refractivity contribution is 8.15. The van der Waals surface area contributed by atoms with Gasteiger partial charge in [-0.15, -0.1) is 0 Å². The molecule has 6 heteroatoms. The molecule has 1 nitrogen and oxygen atoms in total. The van der Waals surface area contributed by atoms with Crippen LogP contribution in [0.15, 0.2) is 60.7 Å². The van der Waals surface area contributed by atoms with Crippen molar-refractivity contribution in [2.75, 3.05) is 4.90 Å². The lowest BCUT2D eigenvalue weighted by Gasteiger charge is -2.76. The van der Waals surface area contributed by atoms with Crippen molar-refractivity contribution in [1.29, 1.82) is 0 Å². The molecule has 0 N–H and O–H groups in total. The monoisotopic (exact) mass is 834 g/mol. The summed E-state index contributed by atoms with van der Waals surface area (Å²) in [5.41, 5.74) is 2.78. The van der Waals surface area contributed by atoms with Crippen molar-refractivity contribution >= 4 is 53.1 Å². The maximum absolute atomic E-state index is 3.03. The van der Waals surface area contributed by atoms with Crippen LogP contribution in [0.5, 0.6) is 0 Å². The highest BCUT2D eigenvalue weighted by atomic mass is 30.0. The van der Waals surface area contributed by atoms with Crippen molar-refractivity contribution in [3.05, 3.63) is 60.7 Å². The highest BCUT2D eigenvalue weighted by Gasteiger charge is 2.93. The van der Waals surface area contributed by atoms with Crippen LogP contribution in [-0.2, 0) is 0 Å². The van der Waals surface area contributed by atoms with E-state index in [0.717, 1.165) is 0 Å². The molecule has 0 spiro atoms. The first-order valence-electron chi connectivity index (χ1n) is 21.7. The first-order chi connectivity index (χ1) is 24.1. The summed E-state index contributed by atoms with van der Waals surface area (Å²) >= 11 is 0. The van der Waals surface area contributed by atoms with Crippen molar-refractivity contribution in [3.8, 4) is 0 Å². The Hall–Kier alpha value is -0.806. The van der Waals surface area contributed by atoms with Gasteiger partial charge in [-0.05, 0) is 74.5 Å². The summed E-state index contributed by atoms with van der Waals surface area (Å²) < 4.78 is 0. The van der Waals surface area contributed by atoms with Crippen LogP contribution >= 0.6 is 0 Å². The summed E-state index contributed by atoms with van der Waals surface area (Å²) in [6.45, 7) is 71.9. The van der Waals surface area contributed by atoms with Gasteiger partial charge in [0.15, 0.2) is 0 Å². The second kappa shape index (κ2) is 13.9. The fourth-order valence-electron chi connectivity index (χ4n) is 18.2. The smallest absolute Gasteiger partial charge is 0.100 e. The van der Waals surface area contributed by atoms with Crippen LogP contribution in [0.4, 0.5) is 11.4 Å². The SMILES string of the molecule is CC(C)(C)[Si]([Si]1=C(N(c2ccccc2)c2ccccc2)[Si]1([Si](C(C)(C)C)(C(C)(C)C)C(C)(C)C)[Si](C(C)(C)C)(C(C)(C)C)C(C)(C)C)(C(C)(C)C)C(C)(C)C. The molecule has 0 aromatic heterocycles. The number of anilines is 2. The number of nitrogens with zero attached hydrogens (tertiary/aromatic N) is 1. The molecule has 312 valence electrons. The number of hydrogen-bond acceptors (Lipinski definition) is 1. The summed E-state index contributed by atoms with van der Waals surface area (Å²) in [7, 11) is -8.84. The first kappa shape index (κ1) is 48.6. The molecule has 3 rings (SSSR count). The van der Waals surface area contributed by atoms with Crippen LogP contribution in [0.25, 0.3) is 0 Å². The zero-order valence-corrected chi connectivity index (χ0v) is 46.7. The molecule has 1 aliphatic heterocycles. The number of benzene rings is 2. The molecule has 2 aromatic carbocycles. The van der Waals surface area contributed by atoms with Crippen molar-refractivity contribution in [3.63, 3.8) is 0 Å². The van der Waals surface area contributed by atoms with E-state index in [0.29, 0.717) is 0 Å². The van der Waals surface area contributed by atoms with Gasteiger partial charge >= 0.3 is 0 Å². The van der Waals surface area contributed by atoms with Crippen molar-refractivity contribution < 1.29 is 0 Å². The number of rotatable bonds is 6. The molecule has 55 heavy (non-hydrogen) atoms. The molecule has 0 saturated heterocycles. The maximum Gasteiger partial charge on any atom is 0.100 e. The molecule has 0 amide bonds. The lowest BCUT2D eigenvalue weighted by atomic mass is 10.2. The van der Waals surface area contributed by atoms with Crippen LogP contribution in [0, 0.1) is 0 Å². The van der Waals surface area contributed by atoms with E-state index in [-0.39, 0.29) is 45.3 Å². The minimum atomic E-state index is -2.69. The van der Waals surface area contributed by atoms with Gasteiger partial charge < -0.3 is 4.90 Å². The first-order valence-corrected chi connectivity index (χ1v) is 35.2. The fraction of sp³-hybridized carbons (Fsp3) is 0.735. The molecule has 2 aromatic rings. The van der Waals surface area contributed by atoms with Crippen molar-refractivity contribution in [1.82, 2.24) is 0 Å². The topological polar surface area (TPSA) is 3.24 Å². The predicted molar refractivity (Wildman–Crippen MR) is 266 cm³/mol. The van der Waals surface area contributed by atoms with Gasteiger partial charge in [0.2, 0.25) is 0 Å². The lowest BCUT2D eigenvalue weighted by molar-refractivity contribution is 0.541. The van der Waals surface area contributed by atoms with Gasteiger partial charge in [0, 0.05) is 18.8 Å². The van der Waals surface area contributed by atoms with E-state index < -0.39 is 36.8 Å². The number of para-hydroxylation sites is 2. The van der Waals surface area contributed by atoms with E-state index in [1.54, 1.807) is 0 Å². The lowest BCUT2D eigenvalue weighted by Crippen LogP contribution is -2.92. The fourth-order valence-corrected chi connectivity index (χ4v) is 197. The van der Waals surface area contributed by atoms with Gasteiger partial charge in [0.05, 0.1) is 22.8 Å². The molecule has 0 radical (unpaired) electrons. The van der Waals surface area contributed by atoms with E-state index in [2.05, 4.69) is 257 Å². The molecule has 0 unspecified atom stereocenters. The summed E-state index contributed by atoms with van der Waals surface area (Å²) in [6.07, 6.45) is 0. The number of hydrogen-bond donors (Lipinski definition) is 0. The zero-order valence-electron chi connectivity index (χ0n) is 41.7. The van der Waals surface area contributed by atoms with Crippen LogP contribution in [0.3, 0.4) is 0 Å². The van der Waals surface area contributed by atoms with Crippen LogP contribution in [0.1, 0.15) is 187 Å². The minimum Gasteiger partial charge on any atom is -0.324 e. The summed E-state index contributed by atoms with van der Waals surface area (Å²) in [5.74, 6) is 0. The van der Waals surface area contributed by atoms with Crippen LogP contribution < -0.4 is 4.90 Å². The van der Waals surface area contributed by atoms with Crippen LogP contribution in [-0.4, -0.2) is 41.8 Å². The van der Waals surface area contributed by atoms with Gasteiger partial charge in [-0.2, -0.15) is 0 Å². The minimum absolute atomic E-state index is 0.153. The molecular weight excluding hydrogens is 743 g/mol. The zero-order chi connectivity index (χ0) is 43.5. The average molecular weight is 835 g/mol. The molecule has 0 atom stereocenters. The summed E-state index contributed by atoms with van der Waals surface area (Å²) in [4.78, 5) is 5.08. The van der Waals surface area contributed by atoms with Crippen LogP contribution in [0.2, 0.25) is 45.3 Å². The van der Waals surface area contributed by atoms with Gasteiger partial charge in [0.1, 0.15) is 6.63 Å². The molecule has 0 aliphatic carbocycles. The van der Waals surface area contributed by atoms with Crippen molar-refractivity contribution in [2.24, 2.45) is 0 Å². The predicted octanol–water partition coefficient (Wildman–Crippen LogP) is 16.9. The maximum atomic E-state index is 3.03. The Labute approximate surface area is 349 Å². The molecule has 1 aliphatic rings. The largest absolute Gasteiger partial charge is 0.324 e. The standard InChI is InChI=1S/C49H91NSi5/c1-41(2,3)53(42(4,5)6,43(7,8)9)51-40(50(38-34-30-28-31-35-38)39-36-32-29-33-37-39)52(51,54(44(10,11)12,45(13,14)15)46(16,17)18)55(47(19,20)21,48(22,23)24)49(25,26)27/h28-37H,1-27H3. The van der Waals surface area contributed by atoms with E-state index >= 15 is 0 Å². The van der Waals surface area contributed by atoms with Crippen molar-refractivity contribution in [2.45, 2.75) is 232 Å². The molecule has 0 bridgehead atoms. The quantitative estimate of drug-likeness (QED) is 0.262. The normalized spacial score (nSPS) is 17.4. The van der Waals surface area contributed by atoms with E-state index in [9.17, 15) is 0 Å². The highest BCUT2D eigenvalue weighted by Crippen LogP contribution is 2.80. The Balaban J connectivity index is 3.28.